The second-order valence-electron chi connectivity index (χ2n) is 4.22. The Morgan fingerprint density at radius 3 is 2.69 bits per heavy atom. The Morgan fingerprint density at radius 1 is 1.44 bits per heavy atom. The summed E-state index contributed by atoms with van der Waals surface area (Å²) >= 11 is 3.46. The van der Waals surface area contributed by atoms with Crippen LogP contribution >= 0.6 is 15.9 Å². The Hall–Kier alpha value is -0.410. The normalized spacial score (nSPS) is 14.8. The average Bonchev–Trinajstić information content (AvgIpc) is 2.29. The maximum Gasteiger partial charge on any atom is 0.123 e. The summed E-state index contributed by atoms with van der Waals surface area (Å²) < 4.78 is 14.1. The lowest BCUT2D eigenvalue weighted by Crippen LogP contribution is -2.34. The Morgan fingerprint density at radius 2 is 2.12 bits per heavy atom. The maximum atomic E-state index is 13.1. The van der Waals surface area contributed by atoms with Gasteiger partial charge in [-0.2, -0.15) is 0 Å². The molecular formula is C13H19BrFN. The fourth-order valence-electron chi connectivity index (χ4n) is 1.81. The third kappa shape index (κ3) is 3.56. The summed E-state index contributed by atoms with van der Waals surface area (Å²) in [5.74, 6) is 0.414. The molecule has 2 unspecified atom stereocenters. The van der Waals surface area contributed by atoms with Gasteiger partial charge in [0.25, 0.3) is 0 Å². The summed E-state index contributed by atoms with van der Waals surface area (Å²) in [6.45, 7) is 4.39. The van der Waals surface area contributed by atoms with E-state index >= 15 is 0 Å². The van der Waals surface area contributed by atoms with Crippen LogP contribution in [0, 0.1) is 11.7 Å². The van der Waals surface area contributed by atoms with Crippen LogP contribution in [0.2, 0.25) is 0 Å². The SMILES string of the molecule is CCC(C)C(Cc1cc(F)ccc1Br)NC. The second kappa shape index (κ2) is 6.36. The molecule has 0 aromatic heterocycles. The zero-order valence-electron chi connectivity index (χ0n) is 10.1. The van der Waals surface area contributed by atoms with Gasteiger partial charge in [-0.1, -0.05) is 36.2 Å². The molecule has 1 rings (SSSR count). The summed E-state index contributed by atoms with van der Waals surface area (Å²) in [5.41, 5.74) is 1.03. The molecule has 0 spiro atoms. The van der Waals surface area contributed by atoms with Crippen molar-refractivity contribution >= 4 is 15.9 Å². The van der Waals surface area contributed by atoms with E-state index in [2.05, 4.69) is 35.1 Å². The van der Waals surface area contributed by atoms with E-state index in [-0.39, 0.29) is 5.82 Å². The van der Waals surface area contributed by atoms with Crippen LogP contribution in [0.3, 0.4) is 0 Å². The van der Waals surface area contributed by atoms with Crippen LogP contribution in [0.5, 0.6) is 0 Å². The van der Waals surface area contributed by atoms with Gasteiger partial charge in [-0.05, 0) is 43.1 Å². The largest absolute Gasteiger partial charge is 0.316 e. The van der Waals surface area contributed by atoms with Crippen molar-refractivity contribution in [3.8, 4) is 0 Å². The molecule has 1 nitrogen and oxygen atoms in total. The van der Waals surface area contributed by atoms with E-state index in [0.29, 0.717) is 12.0 Å². The fourth-order valence-corrected chi connectivity index (χ4v) is 2.22. The molecule has 0 radical (unpaired) electrons. The summed E-state index contributed by atoms with van der Waals surface area (Å²) in [4.78, 5) is 0. The molecule has 1 aromatic rings. The third-order valence-corrected chi connectivity index (χ3v) is 3.92. The topological polar surface area (TPSA) is 12.0 Å². The van der Waals surface area contributed by atoms with E-state index < -0.39 is 0 Å². The Labute approximate surface area is 106 Å². The molecule has 3 heteroatoms. The van der Waals surface area contributed by atoms with Crippen molar-refractivity contribution in [1.82, 2.24) is 5.32 Å². The second-order valence-corrected chi connectivity index (χ2v) is 5.07. The number of halogens is 2. The van der Waals surface area contributed by atoms with Gasteiger partial charge in [0.1, 0.15) is 5.82 Å². The molecule has 1 N–H and O–H groups in total. The van der Waals surface area contributed by atoms with Crippen molar-refractivity contribution in [1.29, 1.82) is 0 Å². The lowest BCUT2D eigenvalue weighted by molar-refractivity contribution is 0.385. The van der Waals surface area contributed by atoms with Crippen LogP contribution in [-0.2, 0) is 6.42 Å². The highest BCUT2D eigenvalue weighted by atomic mass is 79.9. The van der Waals surface area contributed by atoms with E-state index in [4.69, 9.17) is 0 Å². The number of likely N-dealkylation sites (N-methyl/N-ethyl adjacent to an activating group) is 1. The zero-order valence-corrected chi connectivity index (χ0v) is 11.6. The molecule has 0 aliphatic heterocycles. The Bertz CT molecular complexity index is 341. The molecule has 0 saturated carbocycles. The van der Waals surface area contributed by atoms with Gasteiger partial charge in [-0.15, -0.1) is 0 Å². The smallest absolute Gasteiger partial charge is 0.123 e. The molecular weight excluding hydrogens is 269 g/mol. The van der Waals surface area contributed by atoms with E-state index in [1.165, 1.54) is 6.07 Å². The summed E-state index contributed by atoms with van der Waals surface area (Å²) in [5, 5.41) is 3.30. The molecule has 0 amide bonds. The van der Waals surface area contributed by atoms with Crippen LogP contribution in [0.1, 0.15) is 25.8 Å². The average molecular weight is 288 g/mol. The van der Waals surface area contributed by atoms with Gasteiger partial charge in [0.2, 0.25) is 0 Å². The van der Waals surface area contributed by atoms with E-state index in [1.807, 2.05) is 7.05 Å². The lowest BCUT2D eigenvalue weighted by atomic mass is 9.93. The maximum absolute atomic E-state index is 13.1. The van der Waals surface area contributed by atoms with Crippen molar-refractivity contribution in [3.63, 3.8) is 0 Å². The van der Waals surface area contributed by atoms with Crippen molar-refractivity contribution < 1.29 is 4.39 Å². The van der Waals surface area contributed by atoms with Crippen molar-refractivity contribution in [2.45, 2.75) is 32.7 Å². The minimum atomic E-state index is -0.169. The van der Waals surface area contributed by atoms with Crippen molar-refractivity contribution in [3.05, 3.63) is 34.1 Å². The first-order chi connectivity index (χ1) is 7.58. The lowest BCUT2D eigenvalue weighted by Gasteiger charge is -2.23. The first kappa shape index (κ1) is 13.7. The molecule has 90 valence electrons. The highest BCUT2D eigenvalue weighted by Gasteiger charge is 2.15. The van der Waals surface area contributed by atoms with Crippen LogP contribution in [-0.4, -0.2) is 13.1 Å². The zero-order chi connectivity index (χ0) is 12.1. The van der Waals surface area contributed by atoms with Gasteiger partial charge < -0.3 is 5.32 Å². The molecule has 16 heavy (non-hydrogen) atoms. The van der Waals surface area contributed by atoms with Crippen LogP contribution in [0.4, 0.5) is 4.39 Å². The summed E-state index contributed by atoms with van der Waals surface area (Å²) in [6.07, 6.45) is 1.97. The van der Waals surface area contributed by atoms with Gasteiger partial charge in [-0.3, -0.25) is 0 Å². The van der Waals surface area contributed by atoms with E-state index in [1.54, 1.807) is 12.1 Å². The molecule has 0 fully saturated rings. The number of hydrogen-bond donors (Lipinski definition) is 1. The predicted molar refractivity (Wildman–Crippen MR) is 70.1 cm³/mol. The molecule has 2 atom stereocenters. The van der Waals surface area contributed by atoms with Crippen molar-refractivity contribution in [2.75, 3.05) is 7.05 Å². The van der Waals surface area contributed by atoms with E-state index in [0.717, 1.165) is 22.9 Å². The molecule has 1 aromatic carbocycles. The highest BCUT2D eigenvalue weighted by Crippen LogP contribution is 2.21. The Balaban J connectivity index is 2.81. The van der Waals surface area contributed by atoms with E-state index in [9.17, 15) is 4.39 Å². The quantitative estimate of drug-likeness (QED) is 0.869. The minimum Gasteiger partial charge on any atom is -0.316 e. The first-order valence-corrected chi connectivity index (χ1v) is 6.49. The summed E-state index contributed by atoms with van der Waals surface area (Å²) in [6, 6.07) is 5.25. The van der Waals surface area contributed by atoms with Gasteiger partial charge >= 0.3 is 0 Å². The Kier molecular flexibility index (Phi) is 5.42. The summed E-state index contributed by atoms with van der Waals surface area (Å²) in [7, 11) is 1.96. The van der Waals surface area contributed by atoms with Crippen LogP contribution in [0.25, 0.3) is 0 Å². The van der Waals surface area contributed by atoms with Gasteiger partial charge in [-0.25, -0.2) is 4.39 Å². The van der Waals surface area contributed by atoms with Gasteiger partial charge in [0.05, 0.1) is 0 Å². The monoisotopic (exact) mass is 287 g/mol. The number of benzene rings is 1. The van der Waals surface area contributed by atoms with Crippen LogP contribution < -0.4 is 5.32 Å². The number of rotatable bonds is 5. The highest BCUT2D eigenvalue weighted by molar-refractivity contribution is 9.10. The minimum absolute atomic E-state index is 0.169. The number of nitrogens with one attached hydrogen (secondary N) is 1. The van der Waals surface area contributed by atoms with Crippen LogP contribution in [0.15, 0.2) is 22.7 Å². The number of hydrogen-bond acceptors (Lipinski definition) is 1. The van der Waals surface area contributed by atoms with Gasteiger partial charge in [0.15, 0.2) is 0 Å². The predicted octanol–water partition coefficient (Wildman–Crippen LogP) is 3.76. The molecule has 0 aliphatic carbocycles. The standard InChI is InChI=1S/C13H19BrFN/c1-4-9(2)13(16-3)8-10-7-11(15)5-6-12(10)14/h5-7,9,13,16H,4,8H2,1-3H3. The molecule has 0 aliphatic rings. The van der Waals surface area contributed by atoms with Crippen molar-refractivity contribution in [2.24, 2.45) is 5.92 Å². The molecule has 0 bridgehead atoms. The fraction of sp³-hybridized carbons (Fsp3) is 0.538. The third-order valence-electron chi connectivity index (χ3n) is 3.15. The first-order valence-electron chi connectivity index (χ1n) is 5.69. The molecule has 0 saturated heterocycles. The molecule has 0 heterocycles. The van der Waals surface area contributed by atoms with Gasteiger partial charge in [0, 0.05) is 10.5 Å².